The largest absolute Gasteiger partial charge is 0.453 e. The molecule has 10 nitrogen and oxygen atoms in total. The summed E-state index contributed by atoms with van der Waals surface area (Å²) in [5.41, 5.74) is 5.88. The lowest BCUT2D eigenvalue weighted by Crippen LogP contribution is -2.49. The van der Waals surface area contributed by atoms with Crippen molar-refractivity contribution in [3.63, 3.8) is 0 Å². The van der Waals surface area contributed by atoms with Crippen LogP contribution in [0.15, 0.2) is 18.3 Å². The fourth-order valence-electron chi connectivity index (χ4n) is 3.11. The van der Waals surface area contributed by atoms with Gasteiger partial charge in [0.05, 0.1) is 31.5 Å². The van der Waals surface area contributed by atoms with Crippen LogP contribution in [0.25, 0.3) is 0 Å². The molecule has 27 heavy (non-hydrogen) atoms. The summed E-state index contributed by atoms with van der Waals surface area (Å²) in [7, 11) is 1.37. The van der Waals surface area contributed by atoms with E-state index in [1.165, 1.54) is 12.0 Å². The van der Waals surface area contributed by atoms with Gasteiger partial charge in [0.15, 0.2) is 0 Å². The molecule has 2 aliphatic rings. The van der Waals surface area contributed by atoms with E-state index in [0.717, 1.165) is 5.82 Å². The van der Waals surface area contributed by atoms with Crippen LogP contribution < -0.4 is 15.5 Å². The Kier molecular flexibility index (Phi) is 5.33. The van der Waals surface area contributed by atoms with E-state index in [4.69, 9.17) is 15.2 Å². The molecule has 0 aliphatic carbocycles. The second-order valence-electron chi connectivity index (χ2n) is 6.54. The second-order valence-corrected chi connectivity index (χ2v) is 6.54. The Hall–Kier alpha value is -3.04. The molecule has 1 aromatic rings. The van der Waals surface area contributed by atoms with Crippen LogP contribution in [0.3, 0.4) is 0 Å². The molecule has 2 saturated heterocycles. The minimum Gasteiger partial charge on any atom is -0.453 e. The van der Waals surface area contributed by atoms with Gasteiger partial charge in [-0.05, 0) is 19.1 Å². The molecule has 0 bridgehead atoms. The van der Waals surface area contributed by atoms with E-state index in [-0.39, 0.29) is 12.6 Å². The molecule has 2 fully saturated rings. The van der Waals surface area contributed by atoms with Crippen molar-refractivity contribution in [2.45, 2.75) is 13.0 Å². The van der Waals surface area contributed by atoms with Crippen molar-refractivity contribution in [1.29, 1.82) is 0 Å². The summed E-state index contributed by atoms with van der Waals surface area (Å²) in [5, 5.41) is 0. The molecule has 2 N–H and O–H groups in total. The molecule has 2 atom stereocenters. The van der Waals surface area contributed by atoms with E-state index in [2.05, 4.69) is 9.88 Å². The predicted octanol–water partition coefficient (Wildman–Crippen LogP) is 0.417. The van der Waals surface area contributed by atoms with Gasteiger partial charge in [-0.25, -0.2) is 14.6 Å². The van der Waals surface area contributed by atoms with Crippen molar-refractivity contribution < 1.29 is 23.9 Å². The molecular formula is C17H23N5O5. The number of anilines is 2. The molecule has 3 rings (SSSR count). The molecule has 3 amide bonds. The van der Waals surface area contributed by atoms with Gasteiger partial charge in [-0.2, -0.15) is 0 Å². The van der Waals surface area contributed by atoms with Gasteiger partial charge < -0.3 is 25.0 Å². The van der Waals surface area contributed by atoms with Crippen molar-refractivity contribution >= 4 is 29.6 Å². The smallest absolute Gasteiger partial charge is 0.414 e. The molecule has 0 aromatic carbocycles. The first-order valence-electron chi connectivity index (χ1n) is 8.72. The Balaban J connectivity index is 1.62. The fourth-order valence-corrected chi connectivity index (χ4v) is 3.11. The molecule has 1 aromatic heterocycles. The van der Waals surface area contributed by atoms with Crippen LogP contribution in [0, 0.1) is 5.92 Å². The number of piperazine rings is 1. The number of carbonyl (C=O) groups is 3. The average Bonchev–Trinajstić information content (AvgIpc) is 3.08. The molecule has 2 unspecified atom stereocenters. The van der Waals surface area contributed by atoms with Crippen molar-refractivity contribution in [3.8, 4) is 0 Å². The van der Waals surface area contributed by atoms with Crippen LogP contribution in [0.2, 0.25) is 0 Å². The number of methoxy groups -OCH3 is 1. The van der Waals surface area contributed by atoms with Crippen molar-refractivity contribution in [2.75, 3.05) is 49.6 Å². The predicted molar refractivity (Wildman–Crippen MR) is 96.4 cm³/mol. The van der Waals surface area contributed by atoms with Gasteiger partial charge >= 0.3 is 12.2 Å². The third-order valence-corrected chi connectivity index (χ3v) is 4.92. The van der Waals surface area contributed by atoms with Gasteiger partial charge in [0, 0.05) is 26.2 Å². The normalized spacial score (nSPS) is 21.0. The van der Waals surface area contributed by atoms with Crippen LogP contribution in [-0.4, -0.2) is 73.9 Å². The number of amides is 3. The second kappa shape index (κ2) is 7.68. The summed E-state index contributed by atoms with van der Waals surface area (Å²) in [6.07, 6.45) is 0.182. The number of pyridine rings is 1. The number of primary amides is 1. The lowest BCUT2D eigenvalue weighted by atomic mass is 10.0. The van der Waals surface area contributed by atoms with Gasteiger partial charge in [0.2, 0.25) is 5.91 Å². The number of hydrogen-bond donors (Lipinski definition) is 1. The van der Waals surface area contributed by atoms with Gasteiger partial charge in [-0.15, -0.1) is 0 Å². The van der Waals surface area contributed by atoms with Crippen LogP contribution in [0.1, 0.15) is 6.92 Å². The summed E-state index contributed by atoms with van der Waals surface area (Å²) in [6.45, 7) is 4.29. The summed E-state index contributed by atoms with van der Waals surface area (Å²) in [5.74, 6) is -0.301. The monoisotopic (exact) mass is 377 g/mol. The molecule has 10 heteroatoms. The van der Waals surface area contributed by atoms with Crippen molar-refractivity contribution in [1.82, 2.24) is 9.88 Å². The first-order valence-corrected chi connectivity index (χ1v) is 8.72. The van der Waals surface area contributed by atoms with Crippen LogP contribution >= 0.6 is 0 Å². The number of nitrogens with two attached hydrogens (primary N) is 1. The Morgan fingerprint density at radius 3 is 2.56 bits per heavy atom. The fraction of sp³-hybridized carbons (Fsp3) is 0.529. The molecule has 3 heterocycles. The van der Waals surface area contributed by atoms with Crippen LogP contribution in [0.5, 0.6) is 0 Å². The Labute approximate surface area is 156 Å². The number of cyclic esters (lactones) is 1. The number of carbonyl (C=O) groups excluding carboxylic acids is 3. The molecule has 146 valence electrons. The molecule has 0 spiro atoms. The summed E-state index contributed by atoms with van der Waals surface area (Å²) in [6, 6.07) is 3.61. The summed E-state index contributed by atoms with van der Waals surface area (Å²) in [4.78, 5) is 44.5. The van der Waals surface area contributed by atoms with Gasteiger partial charge in [-0.3, -0.25) is 9.69 Å². The highest BCUT2D eigenvalue weighted by atomic mass is 16.6. The third kappa shape index (κ3) is 3.88. The number of nitrogens with zero attached hydrogens (tertiary/aromatic N) is 4. The molecule has 0 saturated carbocycles. The van der Waals surface area contributed by atoms with Crippen LogP contribution in [-0.2, 0) is 14.3 Å². The maximum atomic E-state index is 12.1. The first-order chi connectivity index (χ1) is 12.9. The van der Waals surface area contributed by atoms with Gasteiger partial charge in [0.1, 0.15) is 11.9 Å². The molecule has 2 aliphatic heterocycles. The van der Waals surface area contributed by atoms with Gasteiger partial charge in [0.25, 0.3) is 0 Å². The highest BCUT2D eigenvalue weighted by Crippen LogP contribution is 2.26. The maximum Gasteiger partial charge on any atom is 0.414 e. The van der Waals surface area contributed by atoms with Crippen molar-refractivity contribution in [3.05, 3.63) is 18.3 Å². The van der Waals surface area contributed by atoms with E-state index >= 15 is 0 Å². The SMILES string of the molecule is COC(=O)N1CCN(c2ccc(N3CC(C(C)C(N)=O)OC3=O)cn2)CC1. The number of ether oxygens (including phenoxy) is 2. The van der Waals surface area contributed by atoms with E-state index in [1.54, 1.807) is 24.1 Å². The maximum absolute atomic E-state index is 12.1. The lowest BCUT2D eigenvalue weighted by molar-refractivity contribution is -0.123. The van der Waals surface area contributed by atoms with Gasteiger partial charge in [-0.1, -0.05) is 0 Å². The zero-order chi connectivity index (χ0) is 19.6. The Morgan fingerprint density at radius 1 is 1.30 bits per heavy atom. The van der Waals surface area contributed by atoms with Crippen LogP contribution in [0.4, 0.5) is 21.1 Å². The average molecular weight is 377 g/mol. The van der Waals surface area contributed by atoms with E-state index in [1.807, 2.05) is 6.07 Å². The van der Waals surface area contributed by atoms with E-state index in [9.17, 15) is 14.4 Å². The quantitative estimate of drug-likeness (QED) is 0.807. The van der Waals surface area contributed by atoms with E-state index < -0.39 is 24.0 Å². The van der Waals surface area contributed by atoms with E-state index in [0.29, 0.717) is 31.9 Å². The third-order valence-electron chi connectivity index (χ3n) is 4.92. The highest BCUT2D eigenvalue weighted by Gasteiger charge is 2.37. The summed E-state index contributed by atoms with van der Waals surface area (Å²) >= 11 is 0. The number of rotatable bonds is 4. The molecule has 0 radical (unpaired) electrons. The number of hydrogen-bond acceptors (Lipinski definition) is 7. The Bertz CT molecular complexity index is 717. The minimum absolute atomic E-state index is 0.252. The first kappa shape index (κ1) is 18.7. The minimum atomic E-state index is -0.568. The summed E-state index contributed by atoms with van der Waals surface area (Å²) < 4.78 is 9.97. The zero-order valence-electron chi connectivity index (χ0n) is 15.3. The van der Waals surface area contributed by atoms with Crippen molar-refractivity contribution in [2.24, 2.45) is 11.7 Å². The highest BCUT2D eigenvalue weighted by molar-refractivity contribution is 5.90. The lowest BCUT2D eigenvalue weighted by Gasteiger charge is -2.34. The zero-order valence-corrected chi connectivity index (χ0v) is 15.3. The molecular weight excluding hydrogens is 354 g/mol. The Morgan fingerprint density at radius 2 is 2.00 bits per heavy atom. The number of aromatic nitrogens is 1. The topological polar surface area (TPSA) is 118 Å². The standard InChI is InChI=1S/C17H23N5O5/c1-11(15(18)23)13-10-22(17(25)27-13)12-3-4-14(19-9-12)20-5-7-21(8-6-20)16(24)26-2/h3-4,9,11,13H,5-8,10H2,1-2H3,(H2,18,23).